The van der Waals surface area contributed by atoms with Crippen LogP contribution in [0.15, 0.2) is 11.4 Å². The highest BCUT2D eigenvalue weighted by Gasteiger charge is 2.22. The molecule has 1 aliphatic carbocycles. The Labute approximate surface area is 86.3 Å². The minimum Gasteiger partial charge on any atom is -0.477 e. The maximum atomic E-state index is 10.7. The van der Waals surface area contributed by atoms with Crippen molar-refractivity contribution in [2.45, 2.75) is 18.0 Å². The molecular weight excluding hydrogens is 200 g/mol. The average Bonchev–Trinajstić information content (AvgIpc) is 2.87. The van der Waals surface area contributed by atoms with Gasteiger partial charge in [0.05, 0.1) is 6.20 Å². The van der Waals surface area contributed by atoms with Crippen LogP contribution in [0, 0.1) is 5.92 Å². The maximum absolute atomic E-state index is 10.7. The van der Waals surface area contributed by atoms with Gasteiger partial charge in [-0.1, -0.05) is 11.8 Å². The number of carboxylic acids is 1. The lowest BCUT2D eigenvalue weighted by atomic mass is 10.5. The van der Waals surface area contributed by atoms with E-state index in [1.165, 1.54) is 19.0 Å². The number of hydrogen-bond acceptors (Lipinski definition) is 3. The first-order valence-electron chi connectivity index (χ1n) is 4.56. The fourth-order valence-electron chi connectivity index (χ4n) is 1.20. The van der Waals surface area contributed by atoms with Crippen LogP contribution in [0.3, 0.4) is 0 Å². The van der Waals surface area contributed by atoms with Gasteiger partial charge in [-0.2, -0.15) is 0 Å². The normalized spacial score (nSPS) is 15.8. The first-order valence-corrected chi connectivity index (χ1v) is 5.55. The summed E-state index contributed by atoms with van der Waals surface area (Å²) in [5, 5.41) is 9.60. The molecule has 1 N–H and O–H groups in total. The lowest BCUT2D eigenvalue weighted by Gasteiger charge is -2.01. The number of rotatable bonds is 4. The molecule has 0 saturated heterocycles. The van der Waals surface area contributed by atoms with Gasteiger partial charge < -0.3 is 9.67 Å². The van der Waals surface area contributed by atoms with E-state index in [1.54, 1.807) is 23.4 Å². The number of imidazole rings is 1. The second-order valence-electron chi connectivity index (χ2n) is 3.54. The molecular formula is C9H12N2O2S. The number of aromatic nitrogens is 2. The average molecular weight is 212 g/mol. The van der Waals surface area contributed by atoms with E-state index in [2.05, 4.69) is 4.98 Å². The van der Waals surface area contributed by atoms with E-state index in [0.717, 1.165) is 16.8 Å². The molecule has 1 heterocycles. The molecule has 4 nitrogen and oxygen atoms in total. The third kappa shape index (κ3) is 1.92. The summed E-state index contributed by atoms with van der Waals surface area (Å²) in [5.74, 6) is 0.965. The highest BCUT2D eigenvalue weighted by atomic mass is 32.2. The van der Waals surface area contributed by atoms with Gasteiger partial charge in [-0.15, -0.1) is 0 Å². The van der Waals surface area contributed by atoms with Crippen molar-refractivity contribution in [3.8, 4) is 0 Å². The van der Waals surface area contributed by atoms with Gasteiger partial charge in [-0.05, 0) is 18.8 Å². The second-order valence-corrected chi connectivity index (χ2v) is 4.53. The van der Waals surface area contributed by atoms with Gasteiger partial charge in [0.1, 0.15) is 5.69 Å². The second kappa shape index (κ2) is 3.65. The summed E-state index contributed by atoms with van der Waals surface area (Å²) in [6, 6.07) is 0. The Bertz CT molecular complexity index is 358. The highest BCUT2D eigenvalue weighted by molar-refractivity contribution is 7.99. The molecule has 0 atom stereocenters. The minimum atomic E-state index is -0.918. The van der Waals surface area contributed by atoms with Crippen molar-refractivity contribution < 1.29 is 9.90 Å². The Balaban J connectivity index is 2.05. The highest BCUT2D eigenvalue weighted by Crippen LogP contribution is 2.34. The molecule has 76 valence electrons. The monoisotopic (exact) mass is 212 g/mol. The Hall–Kier alpha value is -0.970. The first kappa shape index (κ1) is 9.58. The van der Waals surface area contributed by atoms with Crippen molar-refractivity contribution in [3.05, 3.63) is 11.9 Å². The van der Waals surface area contributed by atoms with Gasteiger partial charge in [0.15, 0.2) is 5.16 Å². The SMILES string of the molecule is Cn1c(C(=O)O)cnc1SCC1CC1. The van der Waals surface area contributed by atoms with Crippen molar-refractivity contribution in [1.29, 1.82) is 0 Å². The van der Waals surface area contributed by atoms with Gasteiger partial charge in [-0.3, -0.25) is 0 Å². The van der Waals surface area contributed by atoms with E-state index in [1.807, 2.05) is 0 Å². The molecule has 0 aromatic carbocycles. The van der Waals surface area contributed by atoms with E-state index in [0.29, 0.717) is 0 Å². The van der Waals surface area contributed by atoms with Gasteiger partial charge in [0, 0.05) is 12.8 Å². The maximum Gasteiger partial charge on any atom is 0.354 e. The molecule has 0 spiro atoms. The summed E-state index contributed by atoms with van der Waals surface area (Å²) in [4.78, 5) is 14.8. The fraction of sp³-hybridized carbons (Fsp3) is 0.556. The summed E-state index contributed by atoms with van der Waals surface area (Å²) in [7, 11) is 1.74. The molecule has 1 aromatic heterocycles. The van der Waals surface area contributed by atoms with Crippen molar-refractivity contribution in [1.82, 2.24) is 9.55 Å². The van der Waals surface area contributed by atoms with Gasteiger partial charge in [0.25, 0.3) is 0 Å². The van der Waals surface area contributed by atoms with Gasteiger partial charge >= 0.3 is 5.97 Å². The van der Waals surface area contributed by atoms with Crippen LogP contribution in [-0.4, -0.2) is 26.4 Å². The first-order chi connectivity index (χ1) is 6.68. The lowest BCUT2D eigenvalue weighted by Crippen LogP contribution is -2.04. The van der Waals surface area contributed by atoms with Crippen LogP contribution in [-0.2, 0) is 7.05 Å². The Morgan fingerprint density at radius 2 is 2.50 bits per heavy atom. The third-order valence-corrected chi connectivity index (χ3v) is 3.59. The number of carbonyl (C=O) groups is 1. The summed E-state index contributed by atoms with van der Waals surface area (Å²) in [6.45, 7) is 0. The van der Waals surface area contributed by atoms with E-state index < -0.39 is 5.97 Å². The number of aromatic carboxylic acids is 1. The molecule has 1 saturated carbocycles. The molecule has 0 aliphatic heterocycles. The predicted octanol–water partition coefficient (Wildman–Crippen LogP) is 1.62. The van der Waals surface area contributed by atoms with Crippen molar-refractivity contribution >= 4 is 17.7 Å². The van der Waals surface area contributed by atoms with E-state index in [9.17, 15) is 4.79 Å². The van der Waals surface area contributed by atoms with Crippen molar-refractivity contribution in [2.24, 2.45) is 13.0 Å². The van der Waals surface area contributed by atoms with Crippen molar-refractivity contribution in [3.63, 3.8) is 0 Å². The van der Waals surface area contributed by atoms with E-state index >= 15 is 0 Å². The van der Waals surface area contributed by atoms with Gasteiger partial charge in [0.2, 0.25) is 0 Å². The third-order valence-electron chi connectivity index (χ3n) is 2.31. The molecule has 0 amide bonds. The smallest absolute Gasteiger partial charge is 0.354 e. The molecule has 0 bridgehead atoms. The Kier molecular flexibility index (Phi) is 2.50. The number of carboxylic acid groups (broad SMARTS) is 1. The summed E-state index contributed by atoms with van der Waals surface area (Å²) >= 11 is 1.64. The van der Waals surface area contributed by atoms with E-state index in [4.69, 9.17) is 5.11 Å². The molecule has 14 heavy (non-hydrogen) atoms. The number of thioether (sulfide) groups is 1. The van der Waals surface area contributed by atoms with Crippen LogP contribution in [0.5, 0.6) is 0 Å². The zero-order valence-electron chi connectivity index (χ0n) is 7.93. The molecule has 1 aromatic rings. The quantitative estimate of drug-likeness (QED) is 0.770. The zero-order chi connectivity index (χ0) is 10.1. The molecule has 1 aliphatic rings. The van der Waals surface area contributed by atoms with Crippen LogP contribution >= 0.6 is 11.8 Å². The molecule has 0 unspecified atom stereocenters. The van der Waals surface area contributed by atoms with Crippen LogP contribution in [0.1, 0.15) is 23.3 Å². The molecule has 2 rings (SSSR count). The topological polar surface area (TPSA) is 55.1 Å². The lowest BCUT2D eigenvalue weighted by molar-refractivity contribution is 0.0685. The van der Waals surface area contributed by atoms with Crippen LogP contribution in [0.2, 0.25) is 0 Å². The summed E-state index contributed by atoms with van der Waals surface area (Å²) in [5.41, 5.74) is 0.253. The largest absolute Gasteiger partial charge is 0.477 e. The van der Waals surface area contributed by atoms with Crippen molar-refractivity contribution in [2.75, 3.05) is 5.75 Å². The zero-order valence-corrected chi connectivity index (χ0v) is 8.75. The summed E-state index contributed by atoms with van der Waals surface area (Å²) < 4.78 is 1.63. The van der Waals surface area contributed by atoms with Crippen LogP contribution < -0.4 is 0 Å². The van der Waals surface area contributed by atoms with Crippen LogP contribution in [0.4, 0.5) is 0 Å². The summed E-state index contributed by atoms with van der Waals surface area (Å²) in [6.07, 6.45) is 4.03. The van der Waals surface area contributed by atoms with Crippen LogP contribution in [0.25, 0.3) is 0 Å². The molecule has 0 radical (unpaired) electrons. The number of hydrogen-bond donors (Lipinski definition) is 1. The number of nitrogens with zero attached hydrogens (tertiary/aromatic N) is 2. The molecule has 1 fully saturated rings. The Morgan fingerprint density at radius 1 is 1.79 bits per heavy atom. The minimum absolute atomic E-state index is 0.253. The van der Waals surface area contributed by atoms with Gasteiger partial charge in [-0.25, -0.2) is 9.78 Å². The van der Waals surface area contributed by atoms with E-state index in [-0.39, 0.29) is 5.69 Å². The predicted molar refractivity (Wildman–Crippen MR) is 53.6 cm³/mol. The Morgan fingerprint density at radius 3 is 3.00 bits per heavy atom. The fourth-order valence-corrected chi connectivity index (χ4v) is 2.34. The molecule has 5 heteroatoms. The standard InChI is InChI=1S/C9H12N2O2S/c1-11-7(8(12)13)4-10-9(11)14-5-6-2-3-6/h4,6H,2-3,5H2,1H3,(H,12,13).